The molecule has 0 bridgehead atoms. The van der Waals surface area contributed by atoms with E-state index in [1.165, 1.54) is 6.08 Å². The second-order valence-electron chi connectivity index (χ2n) is 12.2. The third kappa shape index (κ3) is 7.38. The molecule has 4 aromatic rings. The maximum Gasteiger partial charge on any atom is 0.339 e. The molecule has 0 fully saturated rings. The first kappa shape index (κ1) is 34.1. The van der Waals surface area contributed by atoms with Gasteiger partial charge in [0.15, 0.2) is 0 Å². The third-order valence-corrected chi connectivity index (χ3v) is 7.78. The number of benzene rings is 2. The Morgan fingerprint density at radius 3 is 2.37 bits per heavy atom. The summed E-state index contributed by atoms with van der Waals surface area (Å²) in [6.07, 6.45) is 3.11. The second kappa shape index (κ2) is 14.6. The normalized spacial score (nSPS) is 11.5. The molecule has 0 saturated heterocycles. The number of carboxylic acid groups (broad SMARTS) is 1. The number of carbonyl (C=O) groups excluding carboxylic acids is 1. The highest BCUT2D eigenvalue weighted by atomic mass is 16.5. The summed E-state index contributed by atoms with van der Waals surface area (Å²) in [6, 6.07) is 11.7. The average molecular weight is 628 g/mol. The topological polar surface area (TPSA) is 125 Å². The number of ether oxygens (including phenoxy) is 1. The summed E-state index contributed by atoms with van der Waals surface area (Å²) >= 11 is 0. The molecule has 2 aromatic carbocycles. The molecule has 4 rings (SSSR count). The summed E-state index contributed by atoms with van der Waals surface area (Å²) in [5.74, 6) is -1.29. The summed E-state index contributed by atoms with van der Waals surface area (Å²) < 4.78 is 7.35. The molecule has 2 aromatic heterocycles. The van der Waals surface area contributed by atoms with Gasteiger partial charge in [0.2, 0.25) is 11.9 Å². The van der Waals surface area contributed by atoms with Crippen LogP contribution in [0.3, 0.4) is 0 Å². The lowest BCUT2D eigenvalue weighted by Crippen LogP contribution is -2.29. The number of anilines is 4. The van der Waals surface area contributed by atoms with Crippen LogP contribution in [0.15, 0.2) is 55.3 Å². The Kier molecular flexibility index (Phi) is 10.8. The highest BCUT2D eigenvalue weighted by Gasteiger charge is 2.26. The lowest BCUT2D eigenvalue weighted by molar-refractivity contribution is -0.111. The second-order valence-corrected chi connectivity index (χ2v) is 12.2. The number of para-hydroxylation sites is 1. The largest absolute Gasteiger partial charge is 0.478 e. The monoisotopic (exact) mass is 627 g/mol. The van der Waals surface area contributed by atoms with Crippen molar-refractivity contribution in [3.63, 3.8) is 0 Å². The maximum absolute atomic E-state index is 12.8. The molecule has 2 heterocycles. The van der Waals surface area contributed by atoms with Crippen molar-refractivity contribution in [1.29, 1.82) is 0 Å². The SMILES string of the molecule is C=CC(=O)Nc1cc(Nc2nc(-c3cn(COC)c4ccccc34)c(C(=O)O)c(C(C)C)n2)c(C(C)C)cc1N(C)CCN(C)C. The molecule has 11 nitrogen and oxygen atoms in total. The molecule has 0 radical (unpaired) electrons. The van der Waals surface area contributed by atoms with Crippen molar-refractivity contribution in [1.82, 2.24) is 19.4 Å². The highest BCUT2D eigenvalue weighted by Crippen LogP contribution is 2.39. The number of nitrogens with zero attached hydrogens (tertiary/aromatic N) is 5. The van der Waals surface area contributed by atoms with Crippen LogP contribution < -0.4 is 15.5 Å². The van der Waals surface area contributed by atoms with Gasteiger partial charge < -0.3 is 34.8 Å². The number of aromatic nitrogens is 3. The fourth-order valence-corrected chi connectivity index (χ4v) is 5.42. The predicted octanol–water partition coefficient (Wildman–Crippen LogP) is 6.51. The Morgan fingerprint density at radius 1 is 1.04 bits per heavy atom. The molecule has 0 aliphatic heterocycles. The molecule has 46 heavy (non-hydrogen) atoms. The van der Waals surface area contributed by atoms with Gasteiger partial charge in [-0.05, 0) is 55.8 Å². The van der Waals surface area contributed by atoms with Crippen LogP contribution >= 0.6 is 0 Å². The third-order valence-electron chi connectivity index (χ3n) is 7.78. The van der Waals surface area contributed by atoms with Gasteiger partial charge in [-0.15, -0.1) is 0 Å². The van der Waals surface area contributed by atoms with Gasteiger partial charge in [-0.25, -0.2) is 14.8 Å². The van der Waals surface area contributed by atoms with E-state index in [-0.39, 0.29) is 29.3 Å². The zero-order valence-corrected chi connectivity index (χ0v) is 28.0. The molecule has 1 amide bonds. The molecule has 0 saturated carbocycles. The first-order chi connectivity index (χ1) is 21.9. The Balaban J connectivity index is 1.94. The van der Waals surface area contributed by atoms with Gasteiger partial charge in [0, 0.05) is 50.1 Å². The Morgan fingerprint density at radius 2 is 1.76 bits per heavy atom. The van der Waals surface area contributed by atoms with Crippen molar-refractivity contribution in [2.75, 3.05) is 56.9 Å². The van der Waals surface area contributed by atoms with Crippen molar-refractivity contribution in [3.05, 3.63) is 72.1 Å². The van der Waals surface area contributed by atoms with Crippen LogP contribution in [0.5, 0.6) is 0 Å². The molecule has 0 aliphatic carbocycles. The number of methoxy groups -OCH3 is 1. The standard InChI is InChI=1S/C35H45N7O4/c1-10-30(43)36-27-18-26(24(21(2)3)17-29(27)41(8)16-15-40(6)7)37-35-38-32(22(4)5)31(34(44)45)33(39-35)25-19-42(20-46-9)28-14-12-11-13-23(25)28/h10-14,17-19,21-22H,1,15-16,20H2,2-9H3,(H,36,43)(H,44,45)(H,37,38,39). The van der Waals surface area contributed by atoms with Crippen LogP contribution in [0.2, 0.25) is 0 Å². The number of hydrogen-bond donors (Lipinski definition) is 3. The van der Waals surface area contributed by atoms with E-state index in [1.807, 2.05) is 76.1 Å². The molecule has 0 unspecified atom stereocenters. The summed E-state index contributed by atoms with van der Waals surface area (Å²) in [4.78, 5) is 39.1. The average Bonchev–Trinajstić information content (AvgIpc) is 3.37. The van der Waals surface area contributed by atoms with E-state index >= 15 is 0 Å². The number of hydrogen-bond acceptors (Lipinski definition) is 8. The quantitative estimate of drug-likeness (QED) is 0.134. The van der Waals surface area contributed by atoms with Gasteiger partial charge in [-0.2, -0.15) is 0 Å². The van der Waals surface area contributed by atoms with Crippen LogP contribution in [0.1, 0.15) is 61.1 Å². The van der Waals surface area contributed by atoms with Crippen molar-refractivity contribution >= 4 is 45.8 Å². The Labute approximate surface area is 270 Å². The number of likely N-dealkylation sites (N-methyl/N-ethyl adjacent to an activating group) is 2. The first-order valence-corrected chi connectivity index (χ1v) is 15.3. The van der Waals surface area contributed by atoms with Crippen molar-refractivity contribution in [2.24, 2.45) is 0 Å². The van der Waals surface area contributed by atoms with Gasteiger partial charge in [-0.1, -0.05) is 52.5 Å². The number of carbonyl (C=O) groups is 2. The lowest BCUT2D eigenvalue weighted by atomic mass is 9.98. The summed E-state index contributed by atoms with van der Waals surface area (Å²) in [5, 5.41) is 17.7. The molecule has 0 atom stereocenters. The van der Waals surface area contributed by atoms with Gasteiger partial charge in [0.1, 0.15) is 12.3 Å². The predicted molar refractivity (Wildman–Crippen MR) is 185 cm³/mol. The van der Waals surface area contributed by atoms with Crippen molar-refractivity contribution in [2.45, 2.75) is 46.3 Å². The number of carboxylic acids is 1. The summed E-state index contributed by atoms with van der Waals surface area (Å²) in [5.41, 5.74) is 5.49. The van der Waals surface area contributed by atoms with Gasteiger partial charge in [0.05, 0.1) is 28.3 Å². The maximum atomic E-state index is 12.8. The van der Waals surface area contributed by atoms with E-state index in [2.05, 4.69) is 46.9 Å². The minimum absolute atomic E-state index is 0.0572. The van der Waals surface area contributed by atoms with Crippen LogP contribution in [0.25, 0.3) is 22.2 Å². The van der Waals surface area contributed by atoms with Crippen LogP contribution in [-0.2, 0) is 16.3 Å². The number of fused-ring (bicyclic) bond motifs is 1. The van der Waals surface area contributed by atoms with Crippen molar-refractivity contribution < 1.29 is 19.4 Å². The smallest absolute Gasteiger partial charge is 0.339 e. The molecule has 0 spiro atoms. The van der Waals surface area contributed by atoms with Crippen molar-refractivity contribution in [3.8, 4) is 11.3 Å². The van der Waals surface area contributed by atoms with E-state index in [0.717, 1.165) is 35.2 Å². The van der Waals surface area contributed by atoms with Gasteiger partial charge in [0.25, 0.3) is 0 Å². The van der Waals surface area contributed by atoms with E-state index in [9.17, 15) is 14.7 Å². The first-order valence-electron chi connectivity index (χ1n) is 15.3. The highest BCUT2D eigenvalue weighted by molar-refractivity contribution is 6.04. The minimum atomic E-state index is -1.10. The van der Waals surface area contributed by atoms with Crippen LogP contribution in [0.4, 0.5) is 23.0 Å². The summed E-state index contributed by atoms with van der Waals surface area (Å²) in [6.45, 7) is 13.5. The summed E-state index contributed by atoms with van der Waals surface area (Å²) in [7, 11) is 7.65. The van der Waals surface area contributed by atoms with E-state index in [1.54, 1.807) is 7.11 Å². The zero-order valence-electron chi connectivity index (χ0n) is 28.0. The van der Waals surface area contributed by atoms with E-state index in [4.69, 9.17) is 14.7 Å². The molecule has 11 heteroatoms. The Hall–Kier alpha value is -4.74. The van der Waals surface area contributed by atoms with Crippen LogP contribution in [-0.4, -0.2) is 77.8 Å². The molecule has 244 valence electrons. The lowest BCUT2D eigenvalue weighted by Gasteiger charge is -2.27. The molecular weight excluding hydrogens is 582 g/mol. The minimum Gasteiger partial charge on any atom is -0.478 e. The number of aromatic carboxylic acids is 1. The molecule has 0 aliphatic rings. The zero-order chi connectivity index (χ0) is 33.7. The van der Waals surface area contributed by atoms with Gasteiger partial charge in [-0.3, -0.25) is 4.79 Å². The molecule has 3 N–H and O–H groups in total. The van der Waals surface area contributed by atoms with E-state index < -0.39 is 5.97 Å². The van der Waals surface area contributed by atoms with Crippen LogP contribution in [0, 0.1) is 0 Å². The fraction of sp³-hybridized carbons (Fsp3) is 0.371. The van der Waals surface area contributed by atoms with E-state index in [0.29, 0.717) is 35.1 Å². The molecular formula is C35H45N7O4. The number of nitrogens with one attached hydrogen (secondary N) is 2. The number of rotatable bonds is 14. The number of amides is 1. The Bertz CT molecular complexity index is 1740. The fourth-order valence-electron chi connectivity index (χ4n) is 5.42. The van der Waals surface area contributed by atoms with Gasteiger partial charge >= 0.3 is 5.97 Å².